The Labute approximate surface area is 155 Å². The summed E-state index contributed by atoms with van der Waals surface area (Å²) in [6.45, 7) is 3.88. The highest BCUT2D eigenvalue weighted by Gasteiger charge is 2.19. The van der Waals surface area contributed by atoms with E-state index in [0.717, 1.165) is 17.1 Å². The lowest BCUT2D eigenvalue weighted by Crippen LogP contribution is -2.09. The average Bonchev–Trinajstić information content (AvgIpc) is 3.27. The molecule has 0 aliphatic rings. The largest absolute Gasteiger partial charge is 0.385 e. The average molecular weight is 364 g/mol. The Morgan fingerprint density at radius 1 is 1.11 bits per heavy atom. The summed E-state index contributed by atoms with van der Waals surface area (Å²) in [7, 11) is 1.84. The maximum Gasteiger partial charge on any atom is 0.228 e. The van der Waals surface area contributed by atoms with Gasteiger partial charge in [-0.1, -0.05) is 13.8 Å². The van der Waals surface area contributed by atoms with Gasteiger partial charge in [0.25, 0.3) is 0 Å². The molecule has 4 aromatic rings. The van der Waals surface area contributed by atoms with Crippen LogP contribution in [-0.2, 0) is 7.05 Å². The van der Waals surface area contributed by atoms with E-state index in [1.165, 1.54) is 0 Å². The second-order valence-corrected chi connectivity index (χ2v) is 6.62. The third-order valence-corrected chi connectivity index (χ3v) is 4.34. The Morgan fingerprint density at radius 3 is 2.70 bits per heavy atom. The predicted octanol–water partition coefficient (Wildman–Crippen LogP) is 2.35. The number of anilines is 2. The molecule has 0 saturated heterocycles. The summed E-state index contributed by atoms with van der Waals surface area (Å²) in [5, 5.41) is 25.9. The van der Waals surface area contributed by atoms with Crippen LogP contribution >= 0.6 is 0 Å². The first-order valence-corrected chi connectivity index (χ1v) is 8.64. The van der Waals surface area contributed by atoms with Gasteiger partial charge in [0.05, 0.1) is 11.9 Å². The lowest BCUT2D eigenvalue weighted by Gasteiger charge is -2.12. The van der Waals surface area contributed by atoms with Crippen LogP contribution in [-0.4, -0.2) is 39.5 Å². The molecule has 4 rings (SSSR count). The van der Waals surface area contributed by atoms with Crippen molar-refractivity contribution in [2.45, 2.75) is 20.0 Å². The SMILES string of the molecule is CC(C)[C@@H](O)c1nnc2cc(-c3ccnc(Nc4ccnn4C)n3)ccn12. The smallest absolute Gasteiger partial charge is 0.228 e. The molecule has 1 atom stereocenters. The third kappa shape index (κ3) is 3.24. The van der Waals surface area contributed by atoms with Gasteiger partial charge in [0.15, 0.2) is 11.5 Å². The number of nitrogens with one attached hydrogen (secondary N) is 1. The van der Waals surface area contributed by atoms with Crippen LogP contribution in [0.15, 0.2) is 42.9 Å². The van der Waals surface area contributed by atoms with Crippen molar-refractivity contribution in [3.63, 3.8) is 0 Å². The summed E-state index contributed by atoms with van der Waals surface area (Å²) in [6, 6.07) is 7.49. The van der Waals surface area contributed by atoms with E-state index >= 15 is 0 Å². The van der Waals surface area contributed by atoms with Crippen molar-refractivity contribution in [2.24, 2.45) is 13.0 Å². The van der Waals surface area contributed by atoms with Crippen LogP contribution in [0.3, 0.4) is 0 Å². The van der Waals surface area contributed by atoms with Crippen LogP contribution in [0.2, 0.25) is 0 Å². The Bertz CT molecular complexity index is 1080. The number of aryl methyl sites for hydroxylation is 1. The summed E-state index contributed by atoms with van der Waals surface area (Å²) in [5.74, 6) is 1.87. The summed E-state index contributed by atoms with van der Waals surface area (Å²) in [6.07, 6.45) is 4.58. The molecule has 0 aromatic carbocycles. The van der Waals surface area contributed by atoms with Gasteiger partial charge in [0, 0.05) is 31.1 Å². The van der Waals surface area contributed by atoms with E-state index < -0.39 is 6.10 Å². The lowest BCUT2D eigenvalue weighted by molar-refractivity contribution is 0.116. The first-order valence-electron chi connectivity index (χ1n) is 8.64. The molecule has 0 unspecified atom stereocenters. The van der Waals surface area contributed by atoms with Crippen molar-refractivity contribution in [3.8, 4) is 11.3 Å². The monoisotopic (exact) mass is 364 g/mol. The molecule has 0 aliphatic carbocycles. The molecular formula is C18H20N8O. The number of aliphatic hydroxyl groups excluding tert-OH is 1. The summed E-state index contributed by atoms with van der Waals surface area (Å²) in [4.78, 5) is 8.83. The summed E-state index contributed by atoms with van der Waals surface area (Å²) in [5.41, 5.74) is 2.30. The summed E-state index contributed by atoms with van der Waals surface area (Å²) < 4.78 is 3.50. The van der Waals surface area contributed by atoms with Crippen LogP contribution < -0.4 is 5.32 Å². The van der Waals surface area contributed by atoms with Gasteiger partial charge in [-0.3, -0.25) is 9.08 Å². The second kappa shape index (κ2) is 6.76. The second-order valence-electron chi connectivity index (χ2n) is 6.62. The molecule has 0 bridgehead atoms. The quantitative estimate of drug-likeness (QED) is 0.560. The highest BCUT2D eigenvalue weighted by Crippen LogP contribution is 2.24. The Balaban J connectivity index is 1.66. The van der Waals surface area contributed by atoms with Gasteiger partial charge >= 0.3 is 0 Å². The van der Waals surface area contributed by atoms with Crippen LogP contribution in [0.25, 0.3) is 16.9 Å². The van der Waals surface area contributed by atoms with Gasteiger partial charge in [0.2, 0.25) is 5.95 Å². The van der Waals surface area contributed by atoms with Crippen LogP contribution in [0.5, 0.6) is 0 Å². The highest BCUT2D eigenvalue weighted by molar-refractivity contribution is 5.65. The van der Waals surface area contributed by atoms with Gasteiger partial charge in [-0.05, 0) is 24.1 Å². The number of aliphatic hydroxyl groups is 1. The highest BCUT2D eigenvalue weighted by atomic mass is 16.3. The molecule has 0 aliphatic heterocycles. The first-order chi connectivity index (χ1) is 13.0. The fraction of sp³-hybridized carbons (Fsp3) is 0.278. The molecular weight excluding hydrogens is 344 g/mol. The number of aromatic nitrogens is 7. The third-order valence-electron chi connectivity index (χ3n) is 4.34. The number of nitrogens with zero attached hydrogens (tertiary/aromatic N) is 7. The fourth-order valence-electron chi connectivity index (χ4n) is 2.76. The van der Waals surface area contributed by atoms with Crippen LogP contribution in [0, 0.1) is 5.92 Å². The van der Waals surface area contributed by atoms with Gasteiger partial charge in [-0.15, -0.1) is 10.2 Å². The Hall–Kier alpha value is -3.33. The molecule has 27 heavy (non-hydrogen) atoms. The molecule has 0 fully saturated rings. The van der Waals surface area contributed by atoms with Gasteiger partial charge in [0.1, 0.15) is 11.9 Å². The van der Waals surface area contributed by atoms with E-state index in [9.17, 15) is 5.11 Å². The van der Waals surface area contributed by atoms with Crippen molar-refractivity contribution in [1.82, 2.24) is 34.3 Å². The molecule has 138 valence electrons. The minimum atomic E-state index is -0.667. The molecule has 0 saturated carbocycles. The van der Waals surface area contributed by atoms with Crippen LogP contribution in [0.4, 0.5) is 11.8 Å². The van der Waals surface area contributed by atoms with Crippen molar-refractivity contribution < 1.29 is 5.11 Å². The number of fused-ring (bicyclic) bond motifs is 1. The standard InChI is InChI=1S/C18H20N8O/c1-11(2)16(27)17-24-23-15-10-12(6-9-26(15)17)13-4-7-19-18(21-13)22-14-5-8-20-25(14)3/h4-11,16,27H,1-3H3,(H,19,21,22)/t16-/m1/s1. The molecule has 0 spiro atoms. The molecule has 2 N–H and O–H groups in total. The van der Waals surface area contributed by atoms with Gasteiger partial charge in [-0.2, -0.15) is 5.10 Å². The van der Waals surface area contributed by atoms with E-state index in [2.05, 4.69) is 30.6 Å². The molecule has 4 aromatic heterocycles. The number of hydrogen-bond donors (Lipinski definition) is 2. The van der Waals surface area contributed by atoms with E-state index in [1.807, 2.05) is 51.4 Å². The zero-order valence-corrected chi connectivity index (χ0v) is 15.3. The maximum atomic E-state index is 10.3. The van der Waals surface area contributed by atoms with Crippen molar-refractivity contribution in [2.75, 3.05) is 5.32 Å². The Kier molecular flexibility index (Phi) is 4.28. The number of hydrogen-bond acceptors (Lipinski definition) is 7. The molecule has 9 nitrogen and oxygen atoms in total. The topological polar surface area (TPSA) is 106 Å². The van der Waals surface area contributed by atoms with Crippen molar-refractivity contribution in [3.05, 3.63) is 48.7 Å². The lowest BCUT2D eigenvalue weighted by atomic mass is 10.1. The molecule has 9 heteroatoms. The van der Waals surface area contributed by atoms with Crippen LogP contribution in [0.1, 0.15) is 25.8 Å². The van der Waals surface area contributed by atoms with Gasteiger partial charge < -0.3 is 10.4 Å². The predicted molar refractivity (Wildman–Crippen MR) is 100 cm³/mol. The zero-order valence-electron chi connectivity index (χ0n) is 15.3. The minimum absolute atomic E-state index is 0.0552. The molecule has 0 radical (unpaired) electrons. The van der Waals surface area contributed by atoms with Crippen molar-refractivity contribution in [1.29, 1.82) is 0 Å². The minimum Gasteiger partial charge on any atom is -0.385 e. The maximum absolute atomic E-state index is 10.3. The number of pyridine rings is 1. The van der Waals surface area contributed by atoms with E-state index in [1.54, 1.807) is 21.5 Å². The number of rotatable bonds is 5. The van der Waals surface area contributed by atoms with E-state index in [-0.39, 0.29) is 5.92 Å². The fourth-order valence-corrected chi connectivity index (χ4v) is 2.76. The first kappa shape index (κ1) is 17.1. The molecule has 0 amide bonds. The van der Waals surface area contributed by atoms with E-state index in [4.69, 9.17) is 0 Å². The van der Waals surface area contributed by atoms with E-state index in [0.29, 0.717) is 17.4 Å². The molecule has 4 heterocycles. The normalized spacial score (nSPS) is 12.6. The Morgan fingerprint density at radius 2 is 1.96 bits per heavy atom. The van der Waals surface area contributed by atoms with Gasteiger partial charge in [-0.25, -0.2) is 9.97 Å². The summed E-state index contributed by atoms with van der Waals surface area (Å²) >= 11 is 0. The van der Waals surface area contributed by atoms with Crippen molar-refractivity contribution >= 4 is 17.4 Å². The zero-order chi connectivity index (χ0) is 19.0.